The summed E-state index contributed by atoms with van der Waals surface area (Å²) in [6.45, 7) is 4.53. The van der Waals surface area contributed by atoms with Gasteiger partial charge in [-0.15, -0.1) is 0 Å². The molecule has 76 valence electrons. The maximum Gasteiger partial charge on any atom is 0.256 e. The van der Waals surface area contributed by atoms with Gasteiger partial charge in [-0.3, -0.25) is 9.36 Å². The number of hydrogen-bond donors (Lipinski definition) is 0. The zero-order chi connectivity index (χ0) is 10.1. The molecule has 0 bridgehead atoms. The summed E-state index contributed by atoms with van der Waals surface area (Å²) in [6.07, 6.45) is 2.87. The fourth-order valence-corrected chi connectivity index (χ4v) is 1.83. The quantitative estimate of drug-likeness (QED) is 0.721. The number of ether oxygens (including phenoxy) is 1. The Labute approximate surface area is 83.7 Å². The Bertz CT molecular complexity index is 341. The predicted octanol–water partition coefficient (Wildman–Crippen LogP) is 2.25. The van der Waals surface area contributed by atoms with Gasteiger partial charge in [-0.1, -0.05) is 13.8 Å². The van der Waals surface area contributed by atoms with Crippen LogP contribution in [-0.2, 0) is 4.74 Å². The largest absolute Gasteiger partial charge is 0.362 e. The molecule has 3 heteroatoms. The fraction of sp³-hybridized carbons (Fsp3) is 0.545. The lowest BCUT2D eigenvalue weighted by atomic mass is 10.0. The Morgan fingerprint density at radius 3 is 3.14 bits per heavy atom. The number of aromatic nitrogens is 1. The molecule has 2 heterocycles. The van der Waals surface area contributed by atoms with Gasteiger partial charge < -0.3 is 4.74 Å². The first-order valence-corrected chi connectivity index (χ1v) is 5.00. The topological polar surface area (TPSA) is 31.2 Å². The van der Waals surface area contributed by atoms with Crippen LogP contribution in [0.3, 0.4) is 0 Å². The summed E-state index contributed by atoms with van der Waals surface area (Å²) >= 11 is 0. The average molecular weight is 193 g/mol. The van der Waals surface area contributed by atoms with E-state index in [0.29, 0.717) is 5.92 Å². The van der Waals surface area contributed by atoms with E-state index in [4.69, 9.17) is 4.74 Å². The first-order valence-electron chi connectivity index (χ1n) is 5.00. The van der Waals surface area contributed by atoms with Gasteiger partial charge in [-0.05, 0) is 24.5 Å². The number of fused-ring (bicyclic) bond motifs is 1. The highest BCUT2D eigenvalue weighted by molar-refractivity contribution is 5.81. The van der Waals surface area contributed by atoms with Crippen LogP contribution < -0.4 is 0 Å². The van der Waals surface area contributed by atoms with Crippen molar-refractivity contribution in [2.45, 2.75) is 26.4 Å². The molecule has 0 spiro atoms. The molecule has 0 N–H and O–H groups in total. The van der Waals surface area contributed by atoms with E-state index in [1.807, 2.05) is 18.3 Å². The van der Waals surface area contributed by atoms with Gasteiger partial charge in [0.05, 0.1) is 11.8 Å². The molecule has 0 saturated heterocycles. The molecule has 0 aliphatic carbocycles. The molecule has 1 unspecified atom stereocenters. The van der Waals surface area contributed by atoms with Crippen molar-refractivity contribution in [3.05, 3.63) is 24.0 Å². The third-order valence-electron chi connectivity index (χ3n) is 2.47. The molecule has 14 heavy (non-hydrogen) atoms. The molecule has 1 aromatic rings. The number of rotatable bonds is 2. The van der Waals surface area contributed by atoms with Crippen molar-refractivity contribution in [3.63, 3.8) is 0 Å². The van der Waals surface area contributed by atoms with Crippen molar-refractivity contribution in [2.75, 3.05) is 6.61 Å². The lowest BCUT2D eigenvalue weighted by Crippen LogP contribution is -2.28. The van der Waals surface area contributed by atoms with Crippen LogP contribution in [0.2, 0.25) is 0 Å². The van der Waals surface area contributed by atoms with E-state index in [1.165, 1.54) is 0 Å². The normalized spacial score (nSPS) is 21.4. The van der Waals surface area contributed by atoms with Crippen molar-refractivity contribution in [2.24, 2.45) is 5.92 Å². The highest BCUT2D eigenvalue weighted by Crippen LogP contribution is 2.28. The van der Waals surface area contributed by atoms with Crippen molar-refractivity contribution in [1.29, 1.82) is 0 Å². The van der Waals surface area contributed by atoms with Gasteiger partial charge in [0.25, 0.3) is 5.91 Å². The molecule has 3 nitrogen and oxygen atoms in total. The lowest BCUT2D eigenvalue weighted by Gasteiger charge is -2.25. The Morgan fingerprint density at radius 2 is 2.43 bits per heavy atom. The van der Waals surface area contributed by atoms with Gasteiger partial charge in [0, 0.05) is 6.20 Å². The summed E-state index contributed by atoms with van der Waals surface area (Å²) in [5.74, 6) is 0.613. The molecule has 1 atom stereocenters. The van der Waals surface area contributed by atoms with Crippen LogP contribution in [0, 0.1) is 5.92 Å². The van der Waals surface area contributed by atoms with E-state index < -0.39 is 0 Å². The van der Waals surface area contributed by atoms with Crippen LogP contribution in [0.15, 0.2) is 18.3 Å². The minimum atomic E-state index is 0.0324. The summed E-state index contributed by atoms with van der Waals surface area (Å²) in [7, 11) is 0. The maximum atomic E-state index is 11.4. The molecule has 1 aromatic heterocycles. The van der Waals surface area contributed by atoms with Gasteiger partial charge in [0.15, 0.2) is 0 Å². The first kappa shape index (κ1) is 9.46. The molecular formula is C11H15NO2. The van der Waals surface area contributed by atoms with Crippen LogP contribution in [-0.4, -0.2) is 17.1 Å². The van der Waals surface area contributed by atoms with Crippen LogP contribution >= 0.6 is 0 Å². The monoisotopic (exact) mass is 193 g/mol. The number of nitrogens with zero attached hydrogens (tertiary/aromatic N) is 1. The van der Waals surface area contributed by atoms with Crippen LogP contribution in [0.4, 0.5) is 0 Å². The van der Waals surface area contributed by atoms with E-state index >= 15 is 0 Å². The van der Waals surface area contributed by atoms with Crippen LogP contribution in [0.25, 0.3) is 0 Å². The summed E-state index contributed by atoms with van der Waals surface area (Å²) in [6, 6.07) is 3.86. The summed E-state index contributed by atoms with van der Waals surface area (Å²) in [5, 5.41) is 0. The second-order valence-corrected chi connectivity index (χ2v) is 4.13. The number of carbonyl (C=O) groups excluding carboxylic acids is 1. The Kier molecular flexibility index (Phi) is 2.42. The zero-order valence-electron chi connectivity index (χ0n) is 8.56. The minimum absolute atomic E-state index is 0.0324. The van der Waals surface area contributed by atoms with Crippen molar-refractivity contribution < 1.29 is 9.53 Å². The lowest BCUT2D eigenvalue weighted by molar-refractivity contribution is 0.0127. The Hall–Kier alpha value is -1.09. The summed E-state index contributed by atoms with van der Waals surface area (Å²) < 4.78 is 7.22. The third kappa shape index (κ3) is 1.60. The van der Waals surface area contributed by atoms with Crippen molar-refractivity contribution in [1.82, 2.24) is 4.57 Å². The van der Waals surface area contributed by atoms with Gasteiger partial charge in [0.1, 0.15) is 6.61 Å². The summed E-state index contributed by atoms with van der Waals surface area (Å²) in [5.41, 5.74) is 0.995. The molecule has 0 radical (unpaired) electrons. The minimum Gasteiger partial charge on any atom is -0.362 e. The van der Waals surface area contributed by atoms with E-state index in [1.54, 1.807) is 4.57 Å². The fourth-order valence-electron chi connectivity index (χ4n) is 1.83. The summed E-state index contributed by atoms with van der Waals surface area (Å²) in [4.78, 5) is 11.4. The standard InChI is InChI=1S/C11H15NO2/c1-8(2)6-10-9-4-3-5-12(9)11(13)7-14-10/h3-5,8,10H,6-7H2,1-2H3. The maximum absolute atomic E-state index is 11.4. The van der Waals surface area contributed by atoms with Crippen molar-refractivity contribution in [3.8, 4) is 0 Å². The molecule has 1 aliphatic heterocycles. The number of hydrogen-bond acceptors (Lipinski definition) is 2. The zero-order valence-corrected chi connectivity index (χ0v) is 8.56. The predicted molar refractivity (Wildman–Crippen MR) is 53.2 cm³/mol. The SMILES string of the molecule is CC(C)CC1OCC(=O)n2cccc21. The molecule has 0 amide bonds. The van der Waals surface area contributed by atoms with Gasteiger partial charge in [0.2, 0.25) is 0 Å². The number of carbonyl (C=O) groups is 1. The highest BCUT2D eigenvalue weighted by atomic mass is 16.5. The Balaban J connectivity index is 2.25. The molecule has 2 rings (SSSR count). The smallest absolute Gasteiger partial charge is 0.256 e. The van der Waals surface area contributed by atoms with E-state index in [0.717, 1.165) is 12.1 Å². The third-order valence-corrected chi connectivity index (χ3v) is 2.47. The van der Waals surface area contributed by atoms with Crippen LogP contribution in [0.5, 0.6) is 0 Å². The molecular weight excluding hydrogens is 178 g/mol. The van der Waals surface area contributed by atoms with Gasteiger partial charge in [-0.25, -0.2) is 0 Å². The molecule has 1 aliphatic rings. The molecule has 0 saturated carbocycles. The van der Waals surface area contributed by atoms with E-state index in [-0.39, 0.29) is 18.6 Å². The molecule has 0 fully saturated rings. The van der Waals surface area contributed by atoms with Crippen molar-refractivity contribution >= 4 is 5.91 Å². The van der Waals surface area contributed by atoms with Gasteiger partial charge in [-0.2, -0.15) is 0 Å². The van der Waals surface area contributed by atoms with Gasteiger partial charge >= 0.3 is 0 Å². The molecule has 0 aromatic carbocycles. The van der Waals surface area contributed by atoms with E-state index in [9.17, 15) is 4.79 Å². The Morgan fingerprint density at radius 1 is 1.64 bits per heavy atom. The second-order valence-electron chi connectivity index (χ2n) is 4.13. The van der Waals surface area contributed by atoms with E-state index in [2.05, 4.69) is 13.8 Å². The highest BCUT2D eigenvalue weighted by Gasteiger charge is 2.25. The first-order chi connectivity index (χ1) is 6.68. The van der Waals surface area contributed by atoms with Crippen LogP contribution in [0.1, 0.15) is 36.9 Å². The average Bonchev–Trinajstić information content (AvgIpc) is 2.58. The second kappa shape index (κ2) is 3.58.